The van der Waals surface area contributed by atoms with Crippen LogP contribution in [0.5, 0.6) is 0 Å². The van der Waals surface area contributed by atoms with Crippen molar-refractivity contribution >= 4 is 11.5 Å². The van der Waals surface area contributed by atoms with E-state index < -0.39 is 4.92 Å². The molecule has 1 aliphatic carbocycles. The van der Waals surface area contributed by atoms with E-state index in [0.29, 0.717) is 5.69 Å². The Kier molecular flexibility index (Phi) is 4.43. The van der Waals surface area contributed by atoms with E-state index in [0.717, 1.165) is 19.4 Å². The van der Waals surface area contributed by atoms with Gasteiger partial charge in [-0.3, -0.25) is 19.8 Å². The summed E-state index contributed by atoms with van der Waals surface area (Å²) in [7, 11) is 6.06. The molecule has 0 atom stereocenters. The molecule has 116 valence electrons. The number of carbonyl (C=O) groups is 1. The van der Waals surface area contributed by atoms with Crippen molar-refractivity contribution in [3.8, 4) is 0 Å². The molecule has 7 nitrogen and oxygen atoms in total. The SMILES string of the molecule is CN(CC(=O)c1cc([N+](=O)[O-])c[nH]1)CC1(N(C)C)CCC1. The minimum Gasteiger partial charge on any atom is -0.353 e. The first-order chi connectivity index (χ1) is 9.84. The predicted molar refractivity (Wildman–Crippen MR) is 79.5 cm³/mol. The lowest BCUT2D eigenvalue weighted by Crippen LogP contribution is -2.57. The Bertz CT molecular complexity index is 534. The molecule has 0 unspecified atom stereocenters. The number of nitrogens with zero attached hydrogens (tertiary/aromatic N) is 3. The normalized spacial score (nSPS) is 17.0. The van der Waals surface area contributed by atoms with Crippen LogP contribution in [-0.4, -0.2) is 65.3 Å². The van der Waals surface area contributed by atoms with Crippen molar-refractivity contribution in [1.82, 2.24) is 14.8 Å². The molecule has 1 N–H and O–H groups in total. The number of Topliss-reactive ketones (excluding diaryl/α,β-unsaturated/α-hetero) is 1. The molecule has 0 saturated heterocycles. The largest absolute Gasteiger partial charge is 0.353 e. The van der Waals surface area contributed by atoms with E-state index in [-0.39, 0.29) is 23.6 Å². The lowest BCUT2D eigenvalue weighted by molar-refractivity contribution is -0.384. The third kappa shape index (κ3) is 3.30. The first-order valence-electron chi connectivity index (χ1n) is 7.06. The number of rotatable bonds is 7. The number of carbonyl (C=O) groups excluding carboxylic acids is 1. The minimum absolute atomic E-state index is 0.0789. The fourth-order valence-corrected chi connectivity index (χ4v) is 2.87. The van der Waals surface area contributed by atoms with Gasteiger partial charge in [-0.2, -0.15) is 0 Å². The number of nitro groups is 1. The molecule has 1 saturated carbocycles. The summed E-state index contributed by atoms with van der Waals surface area (Å²) < 4.78 is 0. The highest BCUT2D eigenvalue weighted by Gasteiger charge is 2.40. The second kappa shape index (κ2) is 5.95. The Morgan fingerprint density at radius 2 is 2.10 bits per heavy atom. The van der Waals surface area contributed by atoms with E-state index in [1.807, 2.05) is 11.9 Å². The summed E-state index contributed by atoms with van der Waals surface area (Å²) >= 11 is 0. The monoisotopic (exact) mass is 294 g/mol. The summed E-state index contributed by atoms with van der Waals surface area (Å²) in [4.78, 5) is 29.2. The molecule has 1 fully saturated rings. The zero-order chi connectivity index (χ0) is 15.6. The highest BCUT2D eigenvalue weighted by Crippen LogP contribution is 2.36. The van der Waals surface area contributed by atoms with Gasteiger partial charge in [-0.05, 0) is 40.4 Å². The van der Waals surface area contributed by atoms with Crippen LogP contribution < -0.4 is 0 Å². The fourth-order valence-electron chi connectivity index (χ4n) is 2.87. The van der Waals surface area contributed by atoms with Crippen LogP contribution in [0.3, 0.4) is 0 Å². The zero-order valence-electron chi connectivity index (χ0n) is 12.8. The van der Waals surface area contributed by atoms with Crippen LogP contribution in [0.1, 0.15) is 29.8 Å². The summed E-state index contributed by atoms with van der Waals surface area (Å²) in [6.45, 7) is 1.09. The molecule has 0 amide bonds. The summed E-state index contributed by atoms with van der Waals surface area (Å²) in [5.41, 5.74) is 0.377. The molecule has 7 heteroatoms. The van der Waals surface area contributed by atoms with E-state index in [9.17, 15) is 14.9 Å². The van der Waals surface area contributed by atoms with Crippen molar-refractivity contribution < 1.29 is 9.72 Å². The van der Waals surface area contributed by atoms with Gasteiger partial charge in [0.1, 0.15) is 0 Å². The van der Waals surface area contributed by atoms with Gasteiger partial charge < -0.3 is 9.88 Å². The third-order valence-electron chi connectivity index (χ3n) is 4.39. The van der Waals surface area contributed by atoms with E-state index >= 15 is 0 Å². The summed E-state index contributed by atoms with van der Waals surface area (Å²) in [6, 6.07) is 1.29. The second-order valence-corrected chi connectivity index (χ2v) is 6.10. The molecule has 0 radical (unpaired) electrons. The van der Waals surface area contributed by atoms with Crippen molar-refractivity contribution in [2.75, 3.05) is 34.2 Å². The van der Waals surface area contributed by atoms with Crippen LogP contribution in [0, 0.1) is 10.1 Å². The first-order valence-corrected chi connectivity index (χ1v) is 7.06. The van der Waals surface area contributed by atoms with Crippen LogP contribution >= 0.6 is 0 Å². The number of aromatic amines is 1. The van der Waals surface area contributed by atoms with Crippen molar-refractivity contribution in [2.45, 2.75) is 24.8 Å². The lowest BCUT2D eigenvalue weighted by Gasteiger charge is -2.49. The van der Waals surface area contributed by atoms with Crippen LogP contribution in [0.2, 0.25) is 0 Å². The molecule has 2 rings (SSSR count). The van der Waals surface area contributed by atoms with Gasteiger partial charge in [0, 0.05) is 18.2 Å². The Labute approximate surface area is 124 Å². The van der Waals surface area contributed by atoms with Gasteiger partial charge in [-0.25, -0.2) is 0 Å². The Balaban J connectivity index is 1.94. The molecule has 0 spiro atoms. The summed E-state index contributed by atoms with van der Waals surface area (Å²) in [6.07, 6.45) is 4.77. The Morgan fingerprint density at radius 1 is 1.43 bits per heavy atom. The zero-order valence-corrected chi connectivity index (χ0v) is 12.8. The van der Waals surface area contributed by atoms with Crippen LogP contribution in [0.25, 0.3) is 0 Å². The minimum atomic E-state index is -0.508. The van der Waals surface area contributed by atoms with E-state index in [2.05, 4.69) is 24.0 Å². The van der Waals surface area contributed by atoms with Gasteiger partial charge in [-0.1, -0.05) is 0 Å². The number of hydrogen-bond acceptors (Lipinski definition) is 5. The maximum Gasteiger partial charge on any atom is 0.287 e. The highest BCUT2D eigenvalue weighted by molar-refractivity contribution is 5.96. The maximum absolute atomic E-state index is 12.1. The second-order valence-electron chi connectivity index (χ2n) is 6.10. The van der Waals surface area contributed by atoms with Gasteiger partial charge in [0.25, 0.3) is 5.69 Å². The third-order valence-corrected chi connectivity index (χ3v) is 4.39. The molecule has 0 aromatic carbocycles. The van der Waals surface area contributed by atoms with Crippen molar-refractivity contribution in [1.29, 1.82) is 0 Å². The number of hydrogen-bond donors (Lipinski definition) is 1. The highest BCUT2D eigenvalue weighted by atomic mass is 16.6. The molecular formula is C14H22N4O3. The number of ketones is 1. The molecule has 0 bridgehead atoms. The smallest absolute Gasteiger partial charge is 0.287 e. The topological polar surface area (TPSA) is 82.5 Å². The Morgan fingerprint density at radius 3 is 2.52 bits per heavy atom. The molecule has 21 heavy (non-hydrogen) atoms. The van der Waals surface area contributed by atoms with Gasteiger partial charge in [0.2, 0.25) is 0 Å². The molecule has 1 aromatic rings. The van der Waals surface area contributed by atoms with Gasteiger partial charge in [-0.15, -0.1) is 0 Å². The number of nitrogens with one attached hydrogen (secondary N) is 1. The average molecular weight is 294 g/mol. The van der Waals surface area contributed by atoms with Crippen molar-refractivity contribution in [3.63, 3.8) is 0 Å². The van der Waals surface area contributed by atoms with Crippen LogP contribution in [-0.2, 0) is 0 Å². The van der Waals surface area contributed by atoms with Gasteiger partial charge in [0.15, 0.2) is 5.78 Å². The number of likely N-dealkylation sites (N-methyl/N-ethyl adjacent to an activating group) is 2. The average Bonchev–Trinajstić information content (AvgIpc) is 2.82. The number of aromatic nitrogens is 1. The molecular weight excluding hydrogens is 272 g/mol. The first kappa shape index (κ1) is 15.7. The summed E-state index contributed by atoms with van der Waals surface area (Å²) in [5.74, 6) is -0.126. The number of H-pyrrole nitrogens is 1. The quantitative estimate of drug-likeness (QED) is 0.468. The summed E-state index contributed by atoms with van der Waals surface area (Å²) in [5, 5.41) is 10.6. The van der Waals surface area contributed by atoms with Crippen molar-refractivity contribution in [3.05, 3.63) is 28.1 Å². The predicted octanol–water partition coefficient (Wildman–Crippen LogP) is 1.52. The molecule has 0 aliphatic heterocycles. The Hall–Kier alpha value is -1.73. The van der Waals surface area contributed by atoms with Gasteiger partial charge in [0.05, 0.1) is 23.4 Å². The van der Waals surface area contributed by atoms with Gasteiger partial charge >= 0.3 is 0 Å². The van der Waals surface area contributed by atoms with E-state index in [4.69, 9.17) is 0 Å². The van der Waals surface area contributed by atoms with Crippen LogP contribution in [0.15, 0.2) is 12.3 Å². The fraction of sp³-hybridized carbons (Fsp3) is 0.643. The van der Waals surface area contributed by atoms with E-state index in [1.54, 1.807) is 0 Å². The van der Waals surface area contributed by atoms with Crippen LogP contribution in [0.4, 0.5) is 5.69 Å². The van der Waals surface area contributed by atoms with Crippen molar-refractivity contribution in [2.24, 2.45) is 0 Å². The molecule has 1 heterocycles. The standard InChI is InChI=1S/C14H22N4O3/c1-16(2)14(5-4-6-14)10-17(3)9-13(19)12-7-11(8-15-12)18(20)21/h7-8,15H,4-6,9-10H2,1-3H3. The lowest BCUT2D eigenvalue weighted by atomic mass is 9.75. The molecule has 1 aliphatic rings. The van der Waals surface area contributed by atoms with E-state index in [1.165, 1.54) is 18.7 Å². The maximum atomic E-state index is 12.1. The molecule has 1 aromatic heterocycles.